The summed E-state index contributed by atoms with van der Waals surface area (Å²) >= 11 is 20.8. The van der Waals surface area contributed by atoms with Gasteiger partial charge in [0.05, 0.1) is 34.2 Å². The number of ether oxygens (including phenoxy) is 2. The number of benzene rings is 4. The van der Waals surface area contributed by atoms with Gasteiger partial charge in [0.15, 0.2) is 0 Å². The first-order chi connectivity index (χ1) is 28.5. The van der Waals surface area contributed by atoms with E-state index in [9.17, 15) is 20.0 Å². The van der Waals surface area contributed by atoms with Crippen LogP contribution < -0.4 is 30.7 Å². The minimum atomic E-state index is -1.11. The number of hydrogen-bond donors (Lipinski definition) is 6. The highest BCUT2D eigenvalue weighted by Crippen LogP contribution is 2.41. The molecule has 1 saturated heterocycles. The molecular weight excluding hydrogens is 815 g/mol. The summed E-state index contributed by atoms with van der Waals surface area (Å²) in [4.78, 5) is 27.1. The molecule has 1 aliphatic heterocycles. The van der Waals surface area contributed by atoms with Crippen molar-refractivity contribution < 1.29 is 29.3 Å². The number of halogens is 3. The van der Waals surface area contributed by atoms with Crippen LogP contribution in [0, 0.1) is 11.3 Å². The lowest BCUT2D eigenvalue weighted by atomic mass is 9.97. The molecule has 2 atom stereocenters. The lowest BCUT2D eigenvalue weighted by Gasteiger charge is -2.17. The van der Waals surface area contributed by atoms with E-state index in [1.807, 2.05) is 54.6 Å². The Bertz CT molecular complexity index is 2340. The highest BCUT2D eigenvalue weighted by Gasteiger charge is 2.21. The Hall–Kier alpha value is -5.39. The fourth-order valence-electron chi connectivity index (χ4n) is 6.66. The van der Waals surface area contributed by atoms with Gasteiger partial charge in [-0.2, -0.15) is 10.2 Å². The van der Waals surface area contributed by atoms with E-state index in [0.29, 0.717) is 45.3 Å². The maximum atomic E-state index is 11.5. The lowest BCUT2D eigenvalue weighted by Crippen LogP contribution is -2.35. The minimum Gasteiger partial charge on any atom is -0.481 e. The van der Waals surface area contributed by atoms with Crippen LogP contribution in [0.5, 0.6) is 11.8 Å². The number of carbonyl (C=O) groups excluding carboxylic acids is 1. The number of nitrogens with one attached hydrogen (secondary N) is 4. The molecule has 0 unspecified atom stereocenters. The number of nitrogens with zero attached hydrogens (tertiary/aromatic N) is 2. The summed E-state index contributed by atoms with van der Waals surface area (Å²) in [7, 11) is 1.75. The van der Waals surface area contributed by atoms with E-state index in [-0.39, 0.29) is 55.0 Å². The van der Waals surface area contributed by atoms with Crippen LogP contribution in [-0.4, -0.2) is 59.4 Å². The summed E-state index contributed by atoms with van der Waals surface area (Å²) in [6, 6.07) is 28.8. The Kier molecular flexibility index (Phi) is 15.0. The molecule has 6 rings (SSSR count). The average Bonchev–Trinajstić information content (AvgIpc) is 3.65. The number of aliphatic hydroxyl groups is 1. The van der Waals surface area contributed by atoms with Crippen LogP contribution in [0.2, 0.25) is 15.1 Å². The van der Waals surface area contributed by atoms with Crippen molar-refractivity contribution in [3.63, 3.8) is 0 Å². The van der Waals surface area contributed by atoms with Crippen molar-refractivity contribution in [2.45, 2.75) is 57.7 Å². The fourth-order valence-corrected chi connectivity index (χ4v) is 7.51. The van der Waals surface area contributed by atoms with Gasteiger partial charge in [0.1, 0.15) is 18.2 Å². The average molecular weight is 858 g/mol. The van der Waals surface area contributed by atoms with Crippen molar-refractivity contribution in [2.75, 3.05) is 25.5 Å². The molecule has 1 aliphatic rings. The minimum absolute atomic E-state index is 0.00715. The van der Waals surface area contributed by atoms with E-state index in [1.54, 1.807) is 25.2 Å². The van der Waals surface area contributed by atoms with E-state index in [4.69, 9.17) is 49.4 Å². The van der Waals surface area contributed by atoms with Gasteiger partial charge in [0, 0.05) is 79.2 Å². The summed E-state index contributed by atoms with van der Waals surface area (Å²) in [6.07, 6.45) is -0.0854. The van der Waals surface area contributed by atoms with Gasteiger partial charge in [0.2, 0.25) is 17.7 Å². The monoisotopic (exact) mass is 856 g/mol. The number of rotatable bonds is 19. The van der Waals surface area contributed by atoms with Crippen LogP contribution in [0.3, 0.4) is 0 Å². The maximum absolute atomic E-state index is 11.5. The lowest BCUT2D eigenvalue weighted by molar-refractivity contribution is -0.139. The molecule has 0 radical (unpaired) electrons. The molecule has 306 valence electrons. The Balaban J connectivity index is 1.17. The van der Waals surface area contributed by atoms with Crippen molar-refractivity contribution in [2.24, 2.45) is 0 Å². The first kappa shape index (κ1) is 43.2. The zero-order valence-electron chi connectivity index (χ0n) is 32.2. The SMILES string of the molecule is CNc1cc(C#N)cc(COc2nc(OCc3cccc(-c4cccc(-c5ccc(CNC[C@@H]6CCC(=O)N6)cc5)c4Cl)c3Cl)c(Cl)cc2CNC[C@@H](O)CC(=O)O)c1. The number of nitriles is 1. The highest BCUT2D eigenvalue weighted by atomic mass is 35.5. The molecule has 5 aromatic rings. The number of aliphatic hydroxyl groups excluding tert-OH is 1. The number of amides is 1. The Morgan fingerprint density at radius 3 is 2.34 bits per heavy atom. The van der Waals surface area contributed by atoms with Gasteiger partial charge in [-0.25, -0.2) is 0 Å². The number of carboxylic acid groups (broad SMARTS) is 1. The number of pyridine rings is 1. The third kappa shape index (κ3) is 11.6. The molecule has 6 N–H and O–H groups in total. The number of aliphatic carboxylic acids is 1. The van der Waals surface area contributed by atoms with E-state index in [2.05, 4.69) is 44.5 Å². The predicted octanol–water partition coefficient (Wildman–Crippen LogP) is 7.74. The van der Waals surface area contributed by atoms with E-state index in [1.165, 1.54) is 0 Å². The van der Waals surface area contributed by atoms with E-state index >= 15 is 0 Å². The molecule has 4 aromatic carbocycles. The third-order valence-corrected chi connectivity index (χ3v) is 10.8. The summed E-state index contributed by atoms with van der Waals surface area (Å²) < 4.78 is 12.3. The largest absolute Gasteiger partial charge is 0.481 e. The van der Waals surface area contributed by atoms with Crippen molar-refractivity contribution in [3.8, 4) is 40.1 Å². The van der Waals surface area contributed by atoms with E-state index < -0.39 is 18.5 Å². The standard InChI is InChI=1S/C44H43Cl3N6O6/c1-49-33-15-27(19-48)14-28(16-33)24-58-43-31(21-51-23-34(54)18-40(56)57)17-38(45)44(53-43)59-25-30-4-2-6-36(41(30)46)37-7-3-5-35(42(37)47)29-10-8-26(9-11-29)20-50-22-32-12-13-39(55)52-32/h2-11,14-17,32,34,49-51,54H,12-13,18,20-25H2,1H3,(H,52,55)(H,56,57)/t32-,34-/m0/s1. The maximum Gasteiger partial charge on any atom is 0.306 e. The second-order valence-corrected chi connectivity index (χ2v) is 15.2. The van der Waals surface area contributed by atoms with Crippen LogP contribution in [0.15, 0.2) is 84.9 Å². The zero-order valence-corrected chi connectivity index (χ0v) is 34.4. The van der Waals surface area contributed by atoms with Gasteiger partial charge in [-0.3, -0.25) is 9.59 Å². The number of aromatic nitrogens is 1. The van der Waals surface area contributed by atoms with Crippen molar-refractivity contribution in [3.05, 3.63) is 128 Å². The second kappa shape index (κ2) is 20.5. The fraction of sp³-hybridized carbons (Fsp3) is 0.273. The zero-order chi connectivity index (χ0) is 41.9. The number of hydrogen-bond acceptors (Lipinski definition) is 10. The molecule has 0 bridgehead atoms. The Morgan fingerprint density at radius 2 is 1.63 bits per heavy atom. The van der Waals surface area contributed by atoms with Crippen molar-refractivity contribution in [1.29, 1.82) is 5.26 Å². The molecule has 59 heavy (non-hydrogen) atoms. The molecule has 1 fully saturated rings. The van der Waals surface area contributed by atoms with Crippen molar-refractivity contribution in [1.82, 2.24) is 20.9 Å². The Labute approximate surface area is 357 Å². The first-order valence-corrected chi connectivity index (χ1v) is 20.1. The molecular formula is C44H43Cl3N6O6. The van der Waals surface area contributed by atoms with Crippen LogP contribution in [0.1, 0.15) is 47.1 Å². The second-order valence-electron chi connectivity index (χ2n) is 14.1. The van der Waals surface area contributed by atoms with Gasteiger partial charge in [-0.15, -0.1) is 0 Å². The molecule has 1 aromatic heterocycles. The first-order valence-electron chi connectivity index (χ1n) is 18.9. The molecule has 15 heteroatoms. The van der Waals surface area contributed by atoms with Gasteiger partial charge in [-0.1, -0.05) is 95.5 Å². The number of carboxylic acids is 1. The molecule has 1 amide bonds. The van der Waals surface area contributed by atoms with Crippen LogP contribution in [0.4, 0.5) is 5.69 Å². The molecule has 0 spiro atoms. The molecule has 2 heterocycles. The van der Waals surface area contributed by atoms with Gasteiger partial charge >= 0.3 is 5.97 Å². The topological polar surface area (TPSA) is 178 Å². The number of carbonyl (C=O) groups is 2. The third-order valence-electron chi connectivity index (χ3n) is 9.68. The number of anilines is 1. The molecule has 0 saturated carbocycles. The van der Waals surface area contributed by atoms with Gasteiger partial charge in [0.25, 0.3) is 0 Å². The quantitative estimate of drug-likeness (QED) is 0.0479. The van der Waals surface area contributed by atoms with Crippen LogP contribution in [0.25, 0.3) is 22.3 Å². The summed E-state index contributed by atoms with van der Waals surface area (Å²) in [5, 5.41) is 42.2. The van der Waals surface area contributed by atoms with Crippen LogP contribution >= 0.6 is 34.8 Å². The highest BCUT2D eigenvalue weighted by molar-refractivity contribution is 6.38. The van der Waals surface area contributed by atoms with Gasteiger partial charge < -0.3 is 41.0 Å². The Morgan fingerprint density at radius 1 is 0.898 bits per heavy atom. The smallest absolute Gasteiger partial charge is 0.306 e. The predicted molar refractivity (Wildman–Crippen MR) is 229 cm³/mol. The summed E-state index contributed by atoms with van der Waals surface area (Å²) in [5.74, 6) is -0.736. The molecule has 0 aliphatic carbocycles. The van der Waals surface area contributed by atoms with E-state index in [0.717, 1.165) is 46.5 Å². The summed E-state index contributed by atoms with van der Waals surface area (Å²) in [5.41, 5.74) is 7.49. The summed E-state index contributed by atoms with van der Waals surface area (Å²) in [6.45, 7) is 1.62. The van der Waals surface area contributed by atoms with Crippen molar-refractivity contribution >= 4 is 52.4 Å². The van der Waals surface area contributed by atoms with Crippen LogP contribution in [-0.2, 0) is 35.9 Å². The molecule has 12 nitrogen and oxygen atoms in total. The van der Waals surface area contributed by atoms with Gasteiger partial charge in [-0.05, 0) is 47.4 Å². The normalized spacial score (nSPS) is 14.0.